The number of H-pyrrole nitrogens is 1. The molecule has 0 unspecified atom stereocenters. The van der Waals surface area contributed by atoms with Gasteiger partial charge in [-0.2, -0.15) is 15.3 Å². The van der Waals surface area contributed by atoms with Gasteiger partial charge in [-0.15, -0.1) is 0 Å². The van der Waals surface area contributed by atoms with Crippen LogP contribution in [0.2, 0.25) is 0 Å². The second-order valence-electron chi connectivity index (χ2n) is 5.59. The highest BCUT2D eigenvalue weighted by molar-refractivity contribution is 6.14. The molecular formula is C17H13F2N5O. The molecule has 1 aromatic carbocycles. The summed E-state index contributed by atoms with van der Waals surface area (Å²) < 4.78 is 32.9. The van der Waals surface area contributed by atoms with Crippen molar-refractivity contribution in [3.8, 4) is 11.3 Å². The number of furan rings is 1. The van der Waals surface area contributed by atoms with Gasteiger partial charge in [-0.3, -0.25) is 5.10 Å². The number of aromatic nitrogens is 3. The molecule has 126 valence electrons. The Labute approximate surface area is 141 Å². The maximum absolute atomic E-state index is 13.9. The molecule has 0 fully saturated rings. The zero-order valence-electron chi connectivity index (χ0n) is 13.0. The smallest absolute Gasteiger partial charge is 0.169 e. The fourth-order valence-electron chi connectivity index (χ4n) is 2.62. The number of benzene rings is 1. The number of hydrogen-bond donors (Lipinski definition) is 1. The van der Waals surface area contributed by atoms with E-state index in [9.17, 15) is 8.78 Å². The van der Waals surface area contributed by atoms with Crippen molar-refractivity contribution in [1.82, 2.24) is 15.2 Å². The number of halogens is 2. The van der Waals surface area contributed by atoms with E-state index in [1.165, 1.54) is 18.5 Å². The van der Waals surface area contributed by atoms with Crippen LogP contribution >= 0.6 is 0 Å². The van der Waals surface area contributed by atoms with E-state index in [-0.39, 0.29) is 11.3 Å². The normalized spacial score (nSPS) is 13.8. The van der Waals surface area contributed by atoms with Gasteiger partial charge < -0.3 is 4.42 Å². The molecule has 0 atom stereocenters. The van der Waals surface area contributed by atoms with E-state index < -0.39 is 11.6 Å². The van der Waals surface area contributed by atoms with Crippen LogP contribution in [0, 0.1) is 11.6 Å². The number of nitrogens with one attached hydrogen (secondary N) is 1. The Balaban J connectivity index is 1.44. The van der Waals surface area contributed by atoms with Crippen molar-refractivity contribution in [1.29, 1.82) is 0 Å². The molecule has 25 heavy (non-hydrogen) atoms. The molecule has 0 aliphatic carbocycles. The third-order valence-corrected chi connectivity index (χ3v) is 3.91. The van der Waals surface area contributed by atoms with Crippen LogP contribution in [0.4, 0.5) is 8.78 Å². The lowest BCUT2D eigenvalue weighted by atomic mass is 10.1. The van der Waals surface area contributed by atoms with Crippen LogP contribution in [0.5, 0.6) is 0 Å². The Morgan fingerprint density at radius 1 is 1.04 bits per heavy atom. The molecule has 4 rings (SSSR count). The van der Waals surface area contributed by atoms with E-state index >= 15 is 0 Å². The molecule has 0 bridgehead atoms. The lowest BCUT2D eigenvalue weighted by Gasteiger charge is -2.01. The molecule has 0 saturated heterocycles. The van der Waals surface area contributed by atoms with Crippen LogP contribution in [0.1, 0.15) is 24.4 Å². The quantitative estimate of drug-likeness (QED) is 0.771. The van der Waals surface area contributed by atoms with Gasteiger partial charge in [0.05, 0.1) is 5.56 Å². The lowest BCUT2D eigenvalue weighted by molar-refractivity contribution is 0.503. The summed E-state index contributed by atoms with van der Waals surface area (Å²) in [6.45, 7) is 0. The van der Waals surface area contributed by atoms with Gasteiger partial charge in [-0.1, -0.05) is 6.07 Å². The first-order chi connectivity index (χ1) is 12.2. The van der Waals surface area contributed by atoms with E-state index in [4.69, 9.17) is 4.42 Å². The number of aromatic amines is 1. The Morgan fingerprint density at radius 3 is 2.76 bits per heavy atom. The topological polar surface area (TPSA) is 79.4 Å². The summed E-state index contributed by atoms with van der Waals surface area (Å²) in [5, 5.41) is 14.9. The van der Waals surface area contributed by atoms with Gasteiger partial charge in [-0.05, 0) is 30.7 Å². The Morgan fingerprint density at radius 2 is 1.92 bits per heavy atom. The van der Waals surface area contributed by atoms with Crippen LogP contribution in [0.3, 0.4) is 0 Å². The molecule has 3 aromatic rings. The number of rotatable bonds is 5. The lowest BCUT2D eigenvalue weighted by Crippen LogP contribution is -2.05. The molecular weight excluding hydrogens is 328 g/mol. The van der Waals surface area contributed by atoms with E-state index in [1.54, 1.807) is 12.1 Å². The summed E-state index contributed by atoms with van der Waals surface area (Å²) >= 11 is 0. The first kappa shape index (κ1) is 15.4. The molecule has 0 amide bonds. The van der Waals surface area contributed by atoms with Gasteiger partial charge >= 0.3 is 0 Å². The van der Waals surface area contributed by atoms with Gasteiger partial charge in [0.15, 0.2) is 17.4 Å². The van der Waals surface area contributed by atoms with E-state index in [1.807, 2.05) is 0 Å². The van der Waals surface area contributed by atoms with Crippen LogP contribution in [-0.4, -0.2) is 26.6 Å². The Bertz CT molecular complexity index is 959. The first-order valence-electron chi connectivity index (χ1n) is 7.72. The summed E-state index contributed by atoms with van der Waals surface area (Å²) in [6.07, 6.45) is 3.41. The van der Waals surface area contributed by atoms with Crippen molar-refractivity contribution in [3.05, 3.63) is 59.9 Å². The second-order valence-corrected chi connectivity index (χ2v) is 5.59. The predicted molar refractivity (Wildman–Crippen MR) is 87.4 cm³/mol. The molecule has 1 N–H and O–H groups in total. The monoisotopic (exact) mass is 341 g/mol. The minimum absolute atomic E-state index is 0.0799. The molecule has 0 saturated carbocycles. The van der Waals surface area contributed by atoms with Crippen molar-refractivity contribution < 1.29 is 13.2 Å². The zero-order chi connectivity index (χ0) is 17.2. The number of hydrogen-bond acceptors (Lipinski definition) is 5. The molecule has 8 heteroatoms. The summed E-state index contributed by atoms with van der Waals surface area (Å²) in [7, 11) is 0. The Kier molecular flexibility index (Phi) is 3.93. The predicted octanol–water partition coefficient (Wildman–Crippen LogP) is 3.52. The minimum atomic E-state index is -0.930. The largest absolute Gasteiger partial charge is 0.455 e. The molecule has 1 aliphatic heterocycles. The molecule has 1 aliphatic rings. The maximum atomic E-state index is 13.9. The van der Waals surface area contributed by atoms with Gasteiger partial charge in [0, 0.05) is 18.6 Å². The molecule has 3 heterocycles. The second kappa shape index (κ2) is 6.39. The average molecular weight is 341 g/mol. The molecule has 2 aromatic heterocycles. The highest BCUT2D eigenvalue weighted by Gasteiger charge is 2.19. The van der Waals surface area contributed by atoms with Crippen molar-refractivity contribution >= 4 is 11.4 Å². The summed E-state index contributed by atoms with van der Waals surface area (Å²) in [4.78, 5) is 4.06. The summed E-state index contributed by atoms with van der Waals surface area (Å²) in [5.74, 6) is -0.299. The third kappa shape index (κ3) is 3.10. The standard InChI is InChI=1S/C17H13F2N5O/c18-12-3-1-2-11(17(12)19)14-5-6-15(25-14)13-8-10(22-23-13)4-7-16-20-9-21-24-16/h1-3,5-6,9H,4,7-8H2,(H,20,21,24). The van der Waals surface area contributed by atoms with E-state index in [0.717, 1.165) is 17.6 Å². The van der Waals surface area contributed by atoms with Crippen molar-refractivity contribution in [2.75, 3.05) is 0 Å². The van der Waals surface area contributed by atoms with Gasteiger partial charge in [0.2, 0.25) is 0 Å². The fourth-order valence-corrected chi connectivity index (χ4v) is 2.62. The Hall–Kier alpha value is -3.16. The highest BCUT2D eigenvalue weighted by atomic mass is 19.2. The van der Waals surface area contributed by atoms with Gasteiger partial charge in [0.25, 0.3) is 0 Å². The summed E-state index contributed by atoms with van der Waals surface area (Å²) in [5.41, 5.74) is 1.65. The van der Waals surface area contributed by atoms with Gasteiger partial charge in [-0.25, -0.2) is 13.8 Å². The maximum Gasteiger partial charge on any atom is 0.169 e. The van der Waals surface area contributed by atoms with Crippen LogP contribution in [0.15, 0.2) is 51.3 Å². The molecule has 0 radical (unpaired) electrons. The van der Waals surface area contributed by atoms with Crippen molar-refractivity contribution in [2.45, 2.75) is 19.3 Å². The number of aryl methyl sites for hydroxylation is 1. The van der Waals surface area contributed by atoms with Crippen LogP contribution < -0.4 is 0 Å². The van der Waals surface area contributed by atoms with Crippen molar-refractivity contribution in [3.63, 3.8) is 0 Å². The zero-order valence-corrected chi connectivity index (χ0v) is 13.0. The van der Waals surface area contributed by atoms with Gasteiger partial charge in [0.1, 0.15) is 23.6 Å². The van der Waals surface area contributed by atoms with Crippen LogP contribution in [-0.2, 0) is 6.42 Å². The SMILES string of the molecule is Fc1cccc(-c2ccc(C3=NN=C(CCc4ncn[nH]4)C3)o2)c1F. The minimum Gasteiger partial charge on any atom is -0.455 e. The summed E-state index contributed by atoms with van der Waals surface area (Å²) in [6, 6.07) is 7.26. The fraction of sp³-hybridized carbons (Fsp3) is 0.176. The van der Waals surface area contributed by atoms with Crippen molar-refractivity contribution in [2.24, 2.45) is 10.2 Å². The third-order valence-electron chi connectivity index (χ3n) is 3.91. The van der Waals surface area contributed by atoms with E-state index in [2.05, 4.69) is 25.4 Å². The molecule has 6 nitrogen and oxygen atoms in total. The highest BCUT2D eigenvalue weighted by Crippen LogP contribution is 2.27. The number of nitrogens with zero attached hydrogens (tertiary/aromatic N) is 4. The van der Waals surface area contributed by atoms with E-state index in [0.29, 0.717) is 30.7 Å². The van der Waals surface area contributed by atoms with Crippen LogP contribution in [0.25, 0.3) is 11.3 Å². The first-order valence-corrected chi connectivity index (χ1v) is 7.72. The average Bonchev–Trinajstić information content (AvgIpc) is 3.36. The molecule has 0 spiro atoms.